The third kappa shape index (κ3) is 4.08. The highest BCUT2D eigenvalue weighted by molar-refractivity contribution is 6.09. The molecule has 0 bridgehead atoms. The van der Waals surface area contributed by atoms with E-state index in [2.05, 4.69) is 30.7 Å². The van der Waals surface area contributed by atoms with Crippen molar-refractivity contribution >= 4 is 28.7 Å². The minimum atomic E-state index is -0.995. The van der Waals surface area contributed by atoms with Gasteiger partial charge in [0, 0.05) is 36.4 Å². The normalized spacial score (nSPS) is 18.0. The number of nitrogens with one attached hydrogen (secondary N) is 2. The Balaban J connectivity index is 1.45. The van der Waals surface area contributed by atoms with Gasteiger partial charge in [-0.25, -0.2) is 24.0 Å². The maximum atomic E-state index is 14.4. The fourth-order valence-corrected chi connectivity index (χ4v) is 4.93. The van der Waals surface area contributed by atoms with Gasteiger partial charge in [-0.05, 0) is 38.5 Å². The van der Waals surface area contributed by atoms with Gasteiger partial charge in [0.2, 0.25) is 5.91 Å². The second-order valence-corrected chi connectivity index (χ2v) is 10.1. The number of carbonyl (C=O) groups excluding carboxylic acids is 2. The zero-order valence-corrected chi connectivity index (χ0v) is 21.0. The molecule has 10 nitrogen and oxygen atoms in total. The highest BCUT2D eigenvalue weighted by Gasteiger charge is 2.44. The van der Waals surface area contributed by atoms with E-state index in [-0.39, 0.29) is 41.5 Å². The average molecular weight is 516 g/mol. The Morgan fingerprint density at radius 2 is 2.08 bits per heavy atom. The van der Waals surface area contributed by atoms with Gasteiger partial charge >= 0.3 is 0 Å². The van der Waals surface area contributed by atoms with E-state index in [0.717, 1.165) is 6.42 Å². The molecule has 1 unspecified atom stereocenters. The van der Waals surface area contributed by atoms with Crippen LogP contribution in [0.4, 0.5) is 10.2 Å². The van der Waals surface area contributed by atoms with Crippen LogP contribution in [0.1, 0.15) is 41.9 Å². The van der Waals surface area contributed by atoms with E-state index >= 15 is 0 Å². The summed E-state index contributed by atoms with van der Waals surface area (Å²) in [7, 11) is 0. The Morgan fingerprint density at radius 1 is 1.24 bits per heavy atom. The van der Waals surface area contributed by atoms with Crippen LogP contribution in [-0.4, -0.2) is 56.3 Å². The van der Waals surface area contributed by atoms with Crippen LogP contribution in [0.15, 0.2) is 42.6 Å². The fourth-order valence-electron chi connectivity index (χ4n) is 4.93. The molecule has 5 heterocycles. The molecule has 0 radical (unpaired) electrons. The maximum Gasteiger partial charge on any atom is 0.270 e. The predicted molar refractivity (Wildman–Crippen MR) is 137 cm³/mol. The molecule has 2 aliphatic heterocycles. The second-order valence-electron chi connectivity index (χ2n) is 10.1. The standard InChI is InChI=1S/C27H26FN7O3/c1-27(2)19-21(25(36)30-12-15-9-11-38-14-15)31-23(32-22(19)33-26(27)37)20-17-7-5-10-29-24(17)35(34-20)13-16-6-3-4-8-18(16)28/h3-8,10,15H,9,11-14H2,1-2H3,(H,30,36)(H,31,32,33,37). The maximum absolute atomic E-state index is 14.4. The minimum Gasteiger partial charge on any atom is -0.381 e. The molecule has 0 aliphatic carbocycles. The van der Waals surface area contributed by atoms with Crippen LogP contribution in [0.3, 0.4) is 0 Å². The smallest absolute Gasteiger partial charge is 0.270 e. The van der Waals surface area contributed by atoms with Gasteiger partial charge in [0.15, 0.2) is 11.5 Å². The zero-order chi connectivity index (χ0) is 26.4. The summed E-state index contributed by atoms with van der Waals surface area (Å²) in [6.07, 6.45) is 2.50. The molecule has 1 aromatic carbocycles. The molecular weight excluding hydrogens is 489 g/mol. The summed E-state index contributed by atoms with van der Waals surface area (Å²) in [5.41, 5.74) is 0.919. The van der Waals surface area contributed by atoms with Crippen molar-refractivity contribution in [2.45, 2.75) is 32.2 Å². The summed E-state index contributed by atoms with van der Waals surface area (Å²) in [6, 6.07) is 10.1. The molecule has 0 saturated carbocycles. The molecule has 2 amide bonds. The highest BCUT2D eigenvalue weighted by atomic mass is 19.1. The van der Waals surface area contributed by atoms with Crippen molar-refractivity contribution in [3.05, 3.63) is 65.2 Å². The number of aromatic nitrogens is 5. The third-order valence-corrected chi connectivity index (χ3v) is 7.12. The van der Waals surface area contributed by atoms with Crippen LogP contribution in [-0.2, 0) is 21.5 Å². The van der Waals surface area contributed by atoms with Gasteiger partial charge in [-0.2, -0.15) is 5.10 Å². The van der Waals surface area contributed by atoms with E-state index < -0.39 is 11.3 Å². The van der Waals surface area contributed by atoms with Crippen molar-refractivity contribution in [1.82, 2.24) is 30.0 Å². The Morgan fingerprint density at radius 3 is 2.87 bits per heavy atom. The second kappa shape index (κ2) is 9.25. The molecule has 194 valence electrons. The Labute approximate surface area is 217 Å². The summed E-state index contributed by atoms with van der Waals surface area (Å²) < 4.78 is 21.4. The molecule has 2 N–H and O–H groups in total. The van der Waals surface area contributed by atoms with Crippen molar-refractivity contribution in [3.8, 4) is 11.5 Å². The van der Waals surface area contributed by atoms with E-state index in [1.807, 2.05) is 6.07 Å². The molecule has 1 saturated heterocycles. The van der Waals surface area contributed by atoms with E-state index in [0.29, 0.717) is 47.6 Å². The van der Waals surface area contributed by atoms with E-state index in [1.165, 1.54) is 6.07 Å². The van der Waals surface area contributed by atoms with Crippen molar-refractivity contribution in [2.75, 3.05) is 25.1 Å². The van der Waals surface area contributed by atoms with E-state index in [1.54, 1.807) is 49.0 Å². The van der Waals surface area contributed by atoms with Crippen molar-refractivity contribution in [1.29, 1.82) is 0 Å². The number of nitrogens with zero attached hydrogens (tertiary/aromatic N) is 5. The summed E-state index contributed by atoms with van der Waals surface area (Å²) in [5.74, 6) is -0.339. The van der Waals surface area contributed by atoms with Crippen LogP contribution in [0.5, 0.6) is 0 Å². The van der Waals surface area contributed by atoms with Gasteiger partial charge in [-0.1, -0.05) is 18.2 Å². The molecule has 4 aromatic rings. The molecule has 1 atom stereocenters. The van der Waals surface area contributed by atoms with Gasteiger partial charge < -0.3 is 15.4 Å². The van der Waals surface area contributed by atoms with Crippen LogP contribution in [0.2, 0.25) is 0 Å². The molecule has 38 heavy (non-hydrogen) atoms. The lowest BCUT2D eigenvalue weighted by Crippen LogP contribution is -2.34. The highest BCUT2D eigenvalue weighted by Crippen LogP contribution is 2.39. The number of hydrogen-bond acceptors (Lipinski definition) is 7. The number of hydrogen-bond donors (Lipinski definition) is 2. The first kappa shape index (κ1) is 24.1. The van der Waals surface area contributed by atoms with E-state index in [9.17, 15) is 14.0 Å². The summed E-state index contributed by atoms with van der Waals surface area (Å²) in [5, 5.41) is 11.1. The van der Waals surface area contributed by atoms with Crippen molar-refractivity contribution in [3.63, 3.8) is 0 Å². The summed E-state index contributed by atoms with van der Waals surface area (Å²) >= 11 is 0. The number of halogens is 1. The number of rotatable bonds is 6. The molecule has 3 aromatic heterocycles. The largest absolute Gasteiger partial charge is 0.381 e. The van der Waals surface area contributed by atoms with Crippen molar-refractivity contribution < 1.29 is 18.7 Å². The topological polar surface area (TPSA) is 124 Å². The Hall–Kier alpha value is -4.25. The van der Waals surface area contributed by atoms with Crippen LogP contribution in [0.25, 0.3) is 22.6 Å². The first-order chi connectivity index (χ1) is 18.3. The fraction of sp³-hybridized carbons (Fsp3) is 0.333. The monoisotopic (exact) mass is 515 g/mol. The Kier molecular flexibility index (Phi) is 5.87. The number of benzene rings is 1. The number of amides is 2. The molecule has 0 spiro atoms. The summed E-state index contributed by atoms with van der Waals surface area (Å²) in [4.78, 5) is 40.0. The van der Waals surface area contributed by atoms with Crippen LogP contribution >= 0.6 is 0 Å². The minimum absolute atomic E-state index is 0.118. The zero-order valence-electron chi connectivity index (χ0n) is 21.0. The van der Waals surface area contributed by atoms with Gasteiger partial charge in [0.05, 0.1) is 24.0 Å². The first-order valence-electron chi connectivity index (χ1n) is 12.5. The molecule has 11 heteroatoms. The van der Waals surface area contributed by atoms with Crippen LogP contribution < -0.4 is 10.6 Å². The number of pyridine rings is 1. The van der Waals surface area contributed by atoms with E-state index in [4.69, 9.17) is 4.74 Å². The van der Waals surface area contributed by atoms with Crippen LogP contribution in [0, 0.1) is 11.7 Å². The van der Waals surface area contributed by atoms with Gasteiger partial charge in [-0.3, -0.25) is 9.59 Å². The van der Waals surface area contributed by atoms with Gasteiger partial charge in [0.1, 0.15) is 23.0 Å². The SMILES string of the molecule is CC1(C)C(=O)Nc2nc(-c3nn(Cc4ccccc4F)c4ncccc34)nc(C(=O)NCC3CCOC3)c21. The number of fused-ring (bicyclic) bond motifs is 2. The van der Waals surface area contributed by atoms with Gasteiger partial charge in [0.25, 0.3) is 5.91 Å². The van der Waals surface area contributed by atoms with Crippen molar-refractivity contribution in [2.24, 2.45) is 5.92 Å². The quantitative estimate of drug-likeness (QED) is 0.404. The lowest BCUT2D eigenvalue weighted by molar-refractivity contribution is -0.119. The number of ether oxygens (including phenoxy) is 1. The first-order valence-corrected chi connectivity index (χ1v) is 12.5. The molecule has 2 aliphatic rings. The number of carbonyl (C=O) groups is 2. The molecular formula is C27H26FN7O3. The molecule has 6 rings (SSSR count). The Bertz CT molecular complexity index is 1580. The number of anilines is 1. The average Bonchev–Trinajstić information content (AvgIpc) is 3.61. The lowest BCUT2D eigenvalue weighted by atomic mass is 9.85. The van der Waals surface area contributed by atoms with Gasteiger partial charge in [-0.15, -0.1) is 0 Å². The third-order valence-electron chi connectivity index (χ3n) is 7.12. The predicted octanol–water partition coefficient (Wildman–Crippen LogP) is 3.07. The lowest BCUT2D eigenvalue weighted by Gasteiger charge is -2.18. The molecule has 1 fully saturated rings. The summed E-state index contributed by atoms with van der Waals surface area (Å²) in [6.45, 7) is 5.33.